The van der Waals surface area contributed by atoms with Crippen LogP contribution in [0.1, 0.15) is 6.92 Å². The summed E-state index contributed by atoms with van der Waals surface area (Å²) in [4.78, 5) is 24.9. The zero-order valence-corrected chi connectivity index (χ0v) is 11.9. The van der Waals surface area contributed by atoms with Gasteiger partial charge in [-0.25, -0.2) is 4.39 Å². The van der Waals surface area contributed by atoms with Gasteiger partial charge in [-0.15, -0.1) is 0 Å². The number of hydrogen-bond acceptors (Lipinski definition) is 4. The molecular formula is C14H19FN4O2. The lowest BCUT2D eigenvalue weighted by atomic mass is 10.2. The number of anilines is 2. The molecule has 2 rings (SSSR count). The van der Waals surface area contributed by atoms with E-state index in [-0.39, 0.29) is 24.0 Å². The highest BCUT2D eigenvalue weighted by atomic mass is 19.1. The summed E-state index contributed by atoms with van der Waals surface area (Å²) in [5, 5.41) is 8.29. The summed E-state index contributed by atoms with van der Waals surface area (Å²) in [6.45, 7) is 4.88. The molecule has 114 valence electrons. The molecule has 0 aliphatic carbocycles. The number of halogens is 1. The monoisotopic (exact) mass is 294 g/mol. The van der Waals surface area contributed by atoms with Crippen molar-refractivity contribution in [3.8, 4) is 0 Å². The molecule has 21 heavy (non-hydrogen) atoms. The van der Waals surface area contributed by atoms with Crippen LogP contribution < -0.4 is 16.0 Å². The van der Waals surface area contributed by atoms with Crippen LogP contribution in [-0.4, -0.2) is 49.4 Å². The van der Waals surface area contributed by atoms with Crippen molar-refractivity contribution in [3.05, 3.63) is 24.0 Å². The van der Waals surface area contributed by atoms with E-state index >= 15 is 0 Å². The Kier molecular flexibility index (Phi) is 5.24. The van der Waals surface area contributed by atoms with Crippen LogP contribution in [0.3, 0.4) is 0 Å². The third kappa shape index (κ3) is 4.80. The Labute approximate surface area is 122 Å². The van der Waals surface area contributed by atoms with Crippen molar-refractivity contribution in [2.75, 3.05) is 43.4 Å². The maximum absolute atomic E-state index is 13.7. The van der Waals surface area contributed by atoms with Gasteiger partial charge in [-0.05, 0) is 18.2 Å². The summed E-state index contributed by atoms with van der Waals surface area (Å²) in [6.07, 6.45) is 0. The largest absolute Gasteiger partial charge is 0.326 e. The summed E-state index contributed by atoms with van der Waals surface area (Å²) in [5.41, 5.74) is 0.516. The van der Waals surface area contributed by atoms with Gasteiger partial charge in [0, 0.05) is 38.8 Å². The van der Waals surface area contributed by atoms with Gasteiger partial charge in [-0.2, -0.15) is 0 Å². The molecule has 1 aromatic rings. The standard InChI is InChI=1S/C14H19FN4O2/c1-10(20)17-11-2-3-12(15)13(8-11)18-14(21)9-19-6-4-16-5-7-19/h2-3,8,16H,4-7,9H2,1H3,(H,17,20)(H,18,21). The molecule has 1 heterocycles. The predicted molar refractivity (Wildman–Crippen MR) is 78.6 cm³/mol. The Morgan fingerprint density at radius 2 is 2.00 bits per heavy atom. The second kappa shape index (κ2) is 7.14. The Morgan fingerprint density at radius 3 is 2.67 bits per heavy atom. The summed E-state index contributed by atoms with van der Waals surface area (Å²) >= 11 is 0. The number of amides is 2. The highest BCUT2D eigenvalue weighted by molar-refractivity contribution is 5.94. The van der Waals surface area contributed by atoms with Crippen LogP contribution in [0.2, 0.25) is 0 Å². The molecule has 1 fully saturated rings. The molecule has 2 amide bonds. The fraction of sp³-hybridized carbons (Fsp3) is 0.429. The zero-order valence-electron chi connectivity index (χ0n) is 11.9. The average molecular weight is 294 g/mol. The summed E-state index contributed by atoms with van der Waals surface area (Å²) in [5.74, 6) is -1.05. The van der Waals surface area contributed by atoms with Gasteiger partial charge in [0.2, 0.25) is 11.8 Å². The molecule has 6 nitrogen and oxygen atoms in total. The molecule has 0 aromatic heterocycles. The highest BCUT2D eigenvalue weighted by Gasteiger charge is 2.15. The minimum Gasteiger partial charge on any atom is -0.326 e. The smallest absolute Gasteiger partial charge is 0.238 e. The second-order valence-electron chi connectivity index (χ2n) is 4.95. The predicted octanol–water partition coefficient (Wildman–Crippen LogP) is 0.628. The number of rotatable bonds is 4. The Morgan fingerprint density at radius 1 is 1.29 bits per heavy atom. The van der Waals surface area contributed by atoms with Crippen molar-refractivity contribution in [2.24, 2.45) is 0 Å². The molecule has 7 heteroatoms. The quantitative estimate of drug-likeness (QED) is 0.761. The fourth-order valence-electron chi connectivity index (χ4n) is 2.16. The number of carbonyl (C=O) groups excluding carboxylic acids is 2. The number of nitrogens with zero attached hydrogens (tertiary/aromatic N) is 1. The third-order valence-corrected chi connectivity index (χ3v) is 3.14. The first-order chi connectivity index (χ1) is 10.0. The first kappa shape index (κ1) is 15.4. The van der Waals surface area contributed by atoms with Gasteiger partial charge in [0.05, 0.1) is 12.2 Å². The molecule has 1 aromatic carbocycles. The first-order valence-electron chi connectivity index (χ1n) is 6.84. The molecule has 0 bridgehead atoms. The van der Waals surface area contributed by atoms with Gasteiger partial charge < -0.3 is 16.0 Å². The lowest BCUT2D eigenvalue weighted by Gasteiger charge is -2.26. The molecule has 1 aliphatic heterocycles. The van der Waals surface area contributed by atoms with Crippen LogP contribution in [0.5, 0.6) is 0 Å². The molecule has 3 N–H and O–H groups in total. The van der Waals surface area contributed by atoms with Crippen molar-refractivity contribution < 1.29 is 14.0 Å². The molecule has 0 atom stereocenters. The fourth-order valence-corrected chi connectivity index (χ4v) is 2.16. The molecule has 1 aliphatic rings. The second-order valence-corrected chi connectivity index (χ2v) is 4.95. The normalized spacial score (nSPS) is 15.5. The minimum atomic E-state index is -0.530. The zero-order chi connectivity index (χ0) is 15.2. The van der Waals surface area contributed by atoms with Crippen molar-refractivity contribution >= 4 is 23.2 Å². The number of benzene rings is 1. The SMILES string of the molecule is CC(=O)Nc1ccc(F)c(NC(=O)CN2CCNCC2)c1. The summed E-state index contributed by atoms with van der Waals surface area (Å²) < 4.78 is 13.7. The summed E-state index contributed by atoms with van der Waals surface area (Å²) in [7, 11) is 0. The van der Waals surface area contributed by atoms with Crippen LogP contribution in [0.4, 0.5) is 15.8 Å². The average Bonchev–Trinajstić information content (AvgIpc) is 2.43. The summed E-state index contributed by atoms with van der Waals surface area (Å²) in [6, 6.07) is 4.07. The molecule has 0 saturated carbocycles. The number of piperazine rings is 1. The van der Waals surface area contributed by atoms with Gasteiger partial charge in [-0.1, -0.05) is 0 Å². The van der Waals surface area contributed by atoms with E-state index in [2.05, 4.69) is 16.0 Å². The van der Waals surface area contributed by atoms with E-state index in [4.69, 9.17) is 0 Å². The van der Waals surface area contributed by atoms with Gasteiger partial charge in [0.25, 0.3) is 0 Å². The lowest BCUT2D eigenvalue weighted by molar-refractivity contribution is -0.117. The van der Waals surface area contributed by atoms with E-state index < -0.39 is 5.82 Å². The van der Waals surface area contributed by atoms with Crippen molar-refractivity contribution in [1.82, 2.24) is 10.2 Å². The van der Waals surface area contributed by atoms with Crippen LogP contribution >= 0.6 is 0 Å². The van der Waals surface area contributed by atoms with E-state index in [1.54, 1.807) is 0 Å². The van der Waals surface area contributed by atoms with Crippen LogP contribution in [0, 0.1) is 5.82 Å². The van der Waals surface area contributed by atoms with E-state index in [1.165, 1.54) is 25.1 Å². The first-order valence-corrected chi connectivity index (χ1v) is 6.84. The van der Waals surface area contributed by atoms with Crippen LogP contribution in [0.15, 0.2) is 18.2 Å². The van der Waals surface area contributed by atoms with Gasteiger partial charge >= 0.3 is 0 Å². The molecule has 0 unspecified atom stereocenters. The maximum Gasteiger partial charge on any atom is 0.238 e. The topological polar surface area (TPSA) is 73.5 Å². The van der Waals surface area contributed by atoms with E-state index in [0.29, 0.717) is 5.69 Å². The van der Waals surface area contributed by atoms with Crippen molar-refractivity contribution in [2.45, 2.75) is 6.92 Å². The van der Waals surface area contributed by atoms with E-state index in [1.807, 2.05) is 4.90 Å². The molecule has 1 saturated heterocycles. The van der Waals surface area contributed by atoms with Gasteiger partial charge in [-0.3, -0.25) is 14.5 Å². The Bertz CT molecular complexity index is 530. The Hall–Kier alpha value is -1.99. The third-order valence-electron chi connectivity index (χ3n) is 3.14. The minimum absolute atomic E-state index is 0.0707. The highest BCUT2D eigenvalue weighted by Crippen LogP contribution is 2.19. The number of carbonyl (C=O) groups is 2. The Balaban J connectivity index is 1.97. The van der Waals surface area contributed by atoms with Crippen molar-refractivity contribution in [3.63, 3.8) is 0 Å². The van der Waals surface area contributed by atoms with Crippen LogP contribution in [-0.2, 0) is 9.59 Å². The van der Waals surface area contributed by atoms with Gasteiger partial charge in [0.15, 0.2) is 0 Å². The van der Waals surface area contributed by atoms with Crippen molar-refractivity contribution in [1.29, 1.82) is 0 Å². The molecular weight excluding hydrogens is 275 g/mol. The lowest BCUT2D eigenvalue weighted by Crippen LogP contribution is -2.46. The number of nitrogens with one attached hydrogen (secondary N) is 3. The molecule has 0 spiro atoms. The van der Waals surface area contributed by atoms with E-state index in [0.717, 1.165) is 26.2 Å². The van der Waals surface area contributed by atoms with E-state index in [9.17, 15) is 14.0 Å². The molecule has 0 radical (unpaired) electrons. The van der Waals surface area contributed by atoms with Crippen LogP contribution in [0.25, 0.3) is 0 Å². The number of hydrogen-bond donors (Lipinski definition) is 3. The van der Waals surface area contributed by atoms with Gasteiger partial charge in [0.1, 0.15) is 5.82 Å². The maximum atomic E-state index is 13.7.